The van der Waals surface area contributed by atoms with Crippen molar-refractivity contribution in [2.75, 3.05) is 13.2 Å². The first-order chi connectivity index (χ1) is 9.20. The lowest BCUT2D eigenvalue weighted by molar-refractivity contribution is 0.100. The van der Waals surface area contributed by atoms with Gasteiger partial charge in [0.2, 0.25) is 0 Å². The van der Waals surface area contributed by atoms with Crippen molar-refractivity contribution in [1.82, 2.24) is 0 Å². The second-order valence-electron chi connectivity index (χ2n) is 4.59. The third-order valence-corrected chi connectivity index (χ3v) is 2.85. The summed E-state index contributed by atoms with van der Waals surface area (Å²) >= 11 is 0. The van der Waals surface area contributed by atoms with Crippen molar-refractivity contribution in [3.8, 4) is 11.5 Å². The first-order valence-electron chi connectivity index (χ1n) is 7.10. The van der Waals surface area contributed by atoms with E-state index in [4.69, 9.17) is 9.47 Å². The van der Waals surface area contributed by atoms with Gasteiger partial charge in [0.15, 0.2) is 5.78 Å². The van der Waals surface area contributed by atoms with E-state index in [9.17, 15) is 4.79 Å². The molecule has 0 aliphatic heterocycles. The van der Waals surface area contributed by atoms with Gasteiger partial charge in [-0.05, 0) is 31.9 Å². The fourth-order valence-electron chi connectivity index (χ4n) is 1.75. The summed E-state index contributed by atoms with van der Waals surface area (Å²) in [7, 11) is 0. The molecule has 0 fully saturated rings. The molecular weight excluding hydrogens is 240 g/mol. The third kappa shape index (κ3) is 4.93. The van der Waals surface area contributed by atoms with Crippen LogP contribution in [0.2, 0.25) is 0 Å². The molecule has 0 aromatic heterocycles. The first kappa shape index (κ1) is 15.5. The highest BCUT2D eigenvalue weighted by atomic mass is 16.5. The summed E-state index contributed by atoms with van der Waals surface area (Å²) in [4.78, 5) is 11.8. The van der Waals surface area contributed by atoms with Gasteiger partial charge in [-0.1, -0.05) is 32.8 Å². The highest BCUT2D eigenvalue weighted by molar-refractivity contribution is 5.99. The van der Waals surface area contributed by atoms with Crippen LogP contribution in [0.25, 0.3) is 0 Å². The molecule has 3 nitrogen and oxygen atoms in total. The summed E-state index contributed by atoms with van der Waals surface area (Å²) in [6.07, 6.45) is 4.11. The second kappa shape index (κ2) is 8.57. The van der Waals surface area contributed by atoms with Gasteiger partial charge in [0.05, 0.1) is 13.2 Å². The normalized spacial score (nSPS) is 10.3. The molecule has 0 saturated carbocycles. The zero-order valence-corrected chi connectivity index (χ0v) is 12.2. The molecule has 0 spiro atoms. The Morgan fingerprint density at radius 2 is 1.47 bits per heavy atom. The van der Waals surface area contributed by atoms with E-state index >= 15 is 0 Å². The quantitative estimate of drug-likeness (QED) is 0.494. The van der Waals surface area contributed by atoms with E-state index < -0.39 is 0 Å². The van der Waals surface area contributed by atoms with Crippen molar-refractivity contribution in [3.05, 3.63) is 23.8 Å². The van der Waals surface area contributed by atoms with Gasteiger partial charge in [0, 0.05) is 0 Å². The number of carbonyl (C=O) groups excluding carboxylic acids is 1. The molecule has 0 amide bonds. The summed E-state index contributed by atoms with van der Waals surface area (Å²) in [5.74, 6) is 1.25. The van der Waals surface area contributed by atoms with Gasteiger partial charge < -0.3 is 9.47 Å². The van der Waals surface area contributed by atoms with Crippen LogP contribution in [0, 0.1) is 0 Å². The lowest BCUT2D eigenvalue weighted by Crippen LogP contribution is -2.07. The maximum absolute atomic E-state index is 11.8. The SMILES string of the molecule is CCCCOc1cccc(OCCCC)c1C(C)=O. The molecule has 0 heterocycles. The Morgan fingerprint density at radius 3 is 1.84 bits per heavy atom. The lowest BCUT2D eigenvalue weighted by Gasteiger charge is -2.14. The second-order valence-corrected chi connectivity index (χ2v) is 4.59. The molecule has 0 unspecified atom stereocenters. The molecule has 0 atom stereocenters. The number of hydrogen-bond donors (Lipinski definition) is 0. The number of carbonyl (C=O) groups is 1. The van der Waals surface area contributed by atoms with Gasteiger partial charge in [0.25, 0.3) is 0 Å². The van der Waals surface area contributed by atoms with Crippen molar-refractivity contribution >= 4 is 5.78 Å². The molecule has 0 N–H and O–H groups in total. The molecule has 3 heteroatoms. The third-order valence-electron chi connectivity index (χ3n) is 2.85. The van der Waals surface area contributed by atoms with Crippen LogP contribution in [0.5, 0.6) is 11.5 Å². The molecule has 0 aliphatic rings. The fraction of sp³-hybridized carbons (Fsp3) is 0.562. The molecule has 0 radical (unpaired) electrons. The highest BCUT2D eigenvalue weighted by Crippen LogP contribution is 2.29. The van der Waals surface area contributed by atoms with Crippen molar-refractivity contribution in [2.24, 2.45) is 0 Å². The monoisotopic (exact) mass is 264 g/mol. The minimum Gasteiger partial charge on any atom is -0.493 e. The van der Waals surface area contributed by atoms with Crippen molar-refractivity contribution in [3.63, 3.8) is 0 Å². The number of unbranched alkanes of at least 4 members (excludes halogenated alkanes) is 2. The summed E-state index contributed by atoms with van der Waals surface area (Å²) in [5, 5.41) is 0. The van der Waals surface area contributed by atoms with E-state index in [0.717, 1.165) is 25.7 Å². The van der Waals surface area contributed by atoms with Gasteiger partial charge in [-0.2, -0.15) is 0 Å². The molecule has 1 rings (SSSR count). The van der Waals surface area contributed by atoms with Gasteiger partial charge >= 0.3 is 0 Å². The number of hydrogen-bond acceptors (Lipinski definition) is 3. The van der Waals surface area contributed by atoms with E-state index in [0.29, 0.717) is 30.3 Å². The largest absolute Gasteiger partial charge is 0.493 e. The van der Waals surface area contributed by atoms with Crippen LogP contribution in [0.4, 0.5) is 0 Å². The Kier molecular flexibility index (Phi) is 7.01. The Balaban J connectivity index is 2.84. The average Bonchev–Trinajstić information content (AvgIpc) is 2.39. The van der Waals surface area contributed by atoms with E-state index in [-0.39, 0.29) is 5.78 Å². The van der Waals surface area contributed by atoms with Crippen LogP contribution in [0.3, 0.4) is 0 Å². The predicted molar refractivity (Wildman–Crippen MR) is 77.3 cm³/mol. The van der Waals surface area contributed by atoms with Crippen molar-refractivity contribution in [2.45, 2.75) is 46.5 Å². The minimum absolute atomic E-state index is 0.0152. The molecule has 0 bridgehead atoms. The van der Waals surface area contributed by atoms with Gasteiger partial charge in [-0.15, -0.1) is 0 Å². The molecular formula is C16H24O3. The Labute approximate surface area is 115 Å². The summed E-state index contributed by atoms with van der Waals surface area (Å²) in [6, 6.07) is 5.53. The van der Waals surface area contributed by atoms with E-state index in [2.05, 4.69) is 13.8 Å². The highest BCUT2D eigenvalue weighted by Gasteiger charge is 2.15. The maximum atomic E-state index is 11.8. The number of rotatable bonds is 9. The molecule has 0 aliphatic carbocycles. The lowest BCUT2D eigenvalue weighted by atomic mass is 10.1. The van der Waals surface area contributed by atoms with E-state index in [1.165, 1.54) is 0 Å². The maximum Gasteiger partial charge on any atom is 0.167 e. The van der Waals surface area contributed by atoms with Crippen LogP contribution in [-0.2, 0) is 0 Å². The zero-order chi connectivity index (χ0) is 14.1. The molecule has 106 valence electrons. The molecule has 19 heavy (non-hydrogen) atoms. The fourth-order valence-corrected chi connectivity index (χ4v) is 1.75. The van der Waals surface area contributed by atoms with E-state index in [1.54, 1.807) is 6.92 Å². The average molecular weight is 264 g/mol. The molecule has 1 aromatic rings. The Morgan fingerprint density at radius 1 is 1.00 bits per heavy atom. The summed E-state index contributed by atoms with van der Waals surface area (Å²) in [5.41, 5.74) is 0.565. The van der Waals surface area contributed by atoms with Crippen LogP contribution >= 0.6 is 0 Å². The zero-order valence-electron chi connectivity index (χ0n) is 12.2. The molecule has 1 aromatic carbocycles. The predicted octanol–water partition coefficient (Wildman–Crippen LogP) is 4.25. The van der Waals surface area contributed by atoms with Gasteiger partial charge in [0.1, 0.15) is 17.1 Å². The van der Waals surface area contributed by atoms with Crippen LogP contribution in [0.1, 0.15) is 56.8 Å². The van der Waals surface area contributed by atoms with Crippen LogP contribution in [-0.4, -0.2) is 19.0 Å². The minimum atomic E-state index is -0.0152. The standard InChI is InChI=1S/C16H24O3/c1-4-6-11-18-14-9-8-10-15(16(14)13(3)17)19-12-7-5-2/h8-10H,4-7,11-12H2,1-3H3. The Bertz CT molecular complexity index is 371. The summed E-state index contributed by atoms with van der Waals surface area (Å²) in [6.45, 7) is 7.04. The Hall–Kier alpha value is -1.51. The van der Waals surface area contributed by atoms with Gasteiger partial charge in [-0.3, -0.25) is 4.79 Å². The number of benzene rings is 1. The van der Waals surface area contributed by atoms with Crippen molar-refractivity contribution < 1.29 is 14.3 Å². The van der Waals surface area contributed by atoms with Gasteiger partial charge in [-0.25, -0.2) is 0 Å². The molecule has 0 saturated heterocycles. The van der Waals surface area contributed by atoms with E-state index in [1.807, 2.05) is 18.2 Å². The number of ketones is 1. The topological polar surface area (TPSA) is 35.5 Å². The smallest absolute Gasteiger partial charge is 0.167 e. The van der Waals surface area contributed by atoms with Crippen LogP contribution < -0.4 is 9.47 Å². The summed E-state index contributed by atoms with van der Waals surface area (Å²) < 4.78 is 11.4. The van der Waals surface area contributed by atoms with Crippen LogP contribution in [0.15, 0.2) is 18.2 Å². The number of Topliss-reactive ketones (excluding diaryl/α,β-unsaturated/α-hetero) is 1. The van der Waals surface area contributed by atoms with Crippen molar-refractivity contribution in [1.29, 1.82) is 0 Å². The number of ether oxygens (including phenoxy) is 2. The first-order valence-corrected chi connectivity index (χ1v) is 7.10.